The largest absolute Gasteiger partial charge is 0.492 e. The third-order valence-corrected chi connectivity index (χ3v) is 4.29. The van der Waals surface area contributed by atoms with E-state index >= 15 is 0 Å². The number of amides is 1. The van der Waals surface area contributed by atoms with Gasteiger partial charge in [0.1, 0.15) is 12.4 Å². The quantitative estimate of drug-likeness (QED) is 0.741. The molecule has 0 spiro atoms. The molecular formula is C20H28ClN3O2. The van der Waals surface area contributed by atoms with Crippen molar-refractivity contribution in [1.29, 1.82) is 0 Å². The van der Waals surface area contributed by atoms with Gasteiger partial charge in [-0.2, -0.15) is 5.10 Å². The van der Waals surface area contributed by atoms with Gasteiger partial charge in [-0.1, -0.05) is 25.4 Å². The van der Waals surface area contributed by atoms with Gasteiger partial charge in [0.15, 0.2) is 5.69 Å². The van der Waals surface area contributed by atoms with Gasteiger partial charge < -0.3 is 9.64 Å². The van der Waals surface area contributed by atoms with E-state index < -0.39 is 0 Å². The predicted octanol–water partition coefficient (Wildman–Crippen LogP) is 4.57. The van der Waals surface area contributed by atoms with Crippen molar-refractivity contribution >= 4 is 17.5 Å². The molecule has 142 valence electrons. The van der Waals surface area contributed by atoms with E-state index in [2.05, 4.69) is 39.7 Å². The standard InChI is InChI=1S/C20H28ClN3O2/c1-14(2)18-13-17(22-24(18)20(3,4)5)19(25)23(6)11-12-26-16-9-7-15(21)8-10-16/h7-10,13-14H,11-12H2,1-6H3. The number of hydrogen-bond donors (Lipinski definition) is 0. The molecule has 0 unspecified atom stereocenters. The molecule has 0 radical (unpaired) electrons. The molecule has 0 fully saturated rings. The Kier molecular flexibility index (Phi) is 6.34. The highest BCUT2D eigenvalue weighted by molar-refractivity contribution is 6.30. The summed E-state index contributed by atoms with van der Waals surface area (Å²) in [6.07, 6.45) is 0. The number of ether oxygens (including phenoxy) is 1. The fourth-order valence-electron chi connectivity index (χ4n) is 2.58. The van der Waals surface area contributed by atoms with Crippen LogP contribution in [0.1, 0.15) is 56.7 Å². The second kappa shape index (κ2) is 8.12. The van der Waals surface area contributed by atoms with E-state index in [-0.39, 0.29) is 11.4 Å². The molecule has 0 aliphatic carbocycles. The van der Waals surface area contributed by atoms with Crippen LogP contribution < -0.4 is 4.74 Å². The van der Waals surface area contributed by atoms with Gasteiger partial charge in [-0.15, -0.1) is 0 Å². The summed E-state index contributed by atoms with van der Waals surface area (Å²) in [6.45, 7) is 11.4. The summed E-state index contributed by atoms with van der Waals surface area (Å²) in [4.78, 5) is 14.4. The van der Waals surface area contributed by atoms with Crippen LogP contribution in [0.4, 0.5) is 0 Å². The fourth-order valence-corrected chi connectivity index (χ4v) is 2.70. The third kappa shape index (κ3) is 5.01. The lowest BCUT2D eigenvalue weighted by molar-refractivity contribution is 0.0766. The van der Waals surface area contributed by atoms with E-state index in [0.717, 1.165) is 11.4 Å². The topological polar surface area (TPSA) is 47.4 Å². The number of carbonyl (C=O) groups is 1. The molecule has 26 heavy (non-hydrogen) atoms. The number of likely N-dealkylation sites (N-methyl/N-ethyl adjacent to an activating group) is 1. The van der Waals surface area contributed by atoms with Crippen LogP contribution in [0.2, 0.25) is 5.02 Å². The van der Waals surface area contributed by atoms with Gasteiger partial charge in [-0.3, -0.25) is 9.48 Å². The van der Waals surface area contributed by atoms with Gasteiger partial charge in [0.25, 0.3) is 5.91 Å². The molecule has 1 aromatic carbocycles. The SMILES string of the molecule is CC(C)c1cc(C(=O)N(C)CCOc2ccc(Cl)cc2)nn1C(C)(C)C. The zero-order valence-corrected chi connectivity index (χ0v) is 17.2. The maximum absolute atomic E-state index is 12.7. The molecule has 0 aliphatic heterocycles. The Morgan fingerprint density at radius 2 is 1.88 bits per heavy atom. The minimum absolute atomic E-state index is 0.102. The number of carbonyl (C=O) groups excluding carboxylic acids is 1. The minimum Gasteiger partial charge on any atom is -0.492 e. The van der Waals surface area contributed by atoms with Crippen LogP contribution in [0.5, 0.6) is 5.75 Å². The van der Waals surface area contributed by atoms with Crippen LogP contribution in [0.15, 0.2) is 30.3 Å². The first-order valence-electron chi connectivity index (χ1n) is 8.84. The van der Waals surface area contributed by atoms with Gasteiger partial charge in [-0.05, 0) is 57.0 Å². The zero-order valence-electron chi connectivity index (χ0n) is 16.4. The molecule has 5 nitrogen and oxygen atoms in total. The van der Waals surface area contributed by atoms with Crippen molar-refractivity contribution < 1.29 is 9.53 Å². The molecule has 2 rings (SSSR count). The van der Waals surface area contributed by atoms with Gasteiger partial charge in [-0.25, -0.2) is 0 Å². The number of rotatable bonds is 6. The average Bonchev–Trinajstić information content (AvgIpc) is 3.01. The molecule has 0 atom stereocenters. The zero-order chi connectivity index (χ0) is 19.5. The van der Waals surface area contributed by atoms with Crippen LogP contribution in [-0.4, -0.2) is 40.8 Å². The van der Waals surface area contributed by atoms with Crippen LogP contribution >= 0.6 is 11.6 Å². The Bertz CT molecular complexity index is 745. The summed E-state index contributed by atoms with van der Waals surface area (Å²) in [5.74, 6) is 0.922. The maximum Gasteiger partial charge on any atom is 0.274 e. The summed E-state index contributed by atoms with van der Waals surface area (Å²) < 4.78 is 7.61. The van der Waals surface area contributed by atoms with Crippen molar-refractivity contribution in [2.75, 3.05) is 20.2 Å². The Balaban J connectivity index is 2.02. The lowest BCUT2D eigenvalue weighted by atomic mass is 10.1. The molecule has 0 aliphatic rings. The highest BCUT2D eigenvalue weighted by Gasteiger charge is 2.24. The summed E-state index contributed by atoms with van der Waals surface area (Å²) in [5, 5.41) is 5.24. The minimum atomic E-state index is -0.172. The molecule has 1 aromatic heterocycles. The molecule has 0 bridgehead atoms. The lowest BCUT2D eigenvalue weighted by Gasteiger charge is -2.23. The fraction of sp³-hybridized carbons (Fsp3) is 0.500. The number of benzene rings is 1. The van der Waals surface area contributed by atoms with Crippen LogP contribution in [0.25, 0.3) is 0 Å². The van der Waals surface area contributed by atoms with E-state index in [1.165, 1.54) is 0 Å². The first kappa shape index (κ1) is 20.3. The smallest absolute Gasteiger partial charge is 0.274 e. The number of halogens is 1. The number of nitrogens with zero attached hydrogens (tertiary/aromatic N) is 3. The Labute approximate surface area is 160 Å². The van der Waals surface area contributed by atoms with E-state index in [1.54, 1.807) is 24.1 Å². The number of aromatic nitrogens is 2. The first-order chi connectivity index (χ1) is 12.1. The normalized spacial score (nSPS) is 11.7. The number of hydrogen-bond acceptors (Lipinski definition) is 3. The highest BCUT2D eigenvalue weighted by atomic mass is 35.5. The summed E-state index contributed by atoms with van der Waals surface area (Å²) >= 11 is 5.86. The van der Waals surface area contributed by atoms with E-state index in [0.29, 0.717) is 29.8 Å². The predicted molar refractivity (Wildman–Crippen MR) is 105 cm³/mol. The first-order valence-corrected chi connectivity index (χ1v) is 9.21. The van der Waals surface area contributed by atoms with Crippen LogP contribution in [-0.2, 0) is 5.54 Å². The van der Waals surface area contributed by atoms with Crippen molar-refractivity contribution in [3.05, 3.63) is 46.7 Å². The molecular weight excluding hydrogens is 350 g/mol. The van der Waals surface area contributed by atoms with Crippen molar-refractivity contribution in [1.82, 2.24) is 14.7 Å². The lowest BCUT2D eigenvalue weighted by Crippen LogP contribution is -2.32. The molecule has 1 heterocycles. The van der Waals surface area contributed by atoms with Crippen molar-refractivity contribution in [2.24, 2.45) is 0 Å². The molecule has 2 aromatic rings. The molecule has 1 amide bonds. The van der Waals surface area contributed by atoms with Crippen molar-refractivity contribution in [3.63, 3.8) is 0 Å². The third-order valence-electron chi connectivity index (χ3n) is 4.04. The Morgan fingerprint density at radius 1 is 1.27 bits per heavy atom. The van der Waals surface area contributed by atoms with E-state index in [4.69, 9.17) is 16.3 Å². The van der Waals surface area contributed by atoms with Crippen LogP contribution in [0, 0.1) is 0 Å². The Morgan fingerprint density at radius 3 is 2.38 bits per heavy atom. The molecule has 0 saturated carbocycles. The molecule has 0 saturated heterocycles. The second-order valence-corrected chi connectivity index (χ2v) is 8.16. The van der Waals surface area contributed by atoms with Crippen LogP contribution in [0.3, 0.4) is 0 Å². The van der Waals surface area contributed by atoms with Gasteiger partial charge in [0, 0.05) is 17.8 Å². The average molecular weight is 378 g/mol. The Hall–Kier alpha value is -2.01. The van der Waals surface area contributed by atoms with E-state index in [1.807, 2.05) is 22.9 Å². The summed E-state index contributed by atoms with van der Waals surface area (Å²) in [7, 11) is 1.76. The monoisotopic (exact) mass is 377 g/mol. The maximum atomic E-state index is 12.7. The highest BCUT2D eigenvalue weighted by Crippen LogP contribution is 2.24. The van der Waals surface area contributed by atoms with E-state index in [9.17, 15) is 4.79 Å². The summed E-state index contributed by atoms with van der Waals surface area (Å²) in [6, 6.07) is 9.07. The van der Waals surface area contributed by atoms with Gasteiger partial charge in [0.2, 0.25) is 0 Å². The molecule has 6 heteroatoms. The van der Waals surface area contributed by atoms with Crippen molar-refractivity contribution in [3.8, 4) is 5.75 Å². The van der Waals surface area contributed by atoms with Gasteiger partial charge >= 0.3 is 0 Å². The summed E-state index contributed by atoms with van der Waals surface area (Å²) in [5.41, 5.74) is 1.36. The van der Waals surface area contributed by atoms with Crippen molar-refractivity contribution in [2.45, 2.75) is 46.1 Å². The second-order valence-electron chi connectivity index (χ2n) is 7.72. The van der Waals surface area contributed by atoms with Gasteiger partial charge in [0.05, 0.1) is 12.1 Å². The molecule has 0 N–H and O–H groups in total.